The van der Waals surface area contributed by atoms with Crippen molar-refractivity contribution in [2.24, 2.45) is 7.05 Å². The Hall–Kier alpha value is -2.86. The number of piperidine rings is 1. The number of nitrogens with zero attached hydrogens (tertiary/aromatic N) is 3. The topological polar surface area (TPSA) is 59.4 Å². The van der Waals surface area contributed by atoms with Crippen molar-refractivity contribution in [1.82, 2.24) is 14.5 Å². The molecule has 0 atom stereocenters. The van der Waals surface area contributed by atoms with E-state index in [2.05, 4.69) is 40.0 Å². The van der Waals surface area contributed by atoms with Crippen LogP contribution in [0.5, 0.6) is 0 Å². The van der Waals surface area contributed by atoms with Crippen molar-refractivity contribution in [3.8, 4) is 0 Å². The van der Waals surface area contributed by atoms with Gasteiger partial charge in [-0.3, -0.25) is 0 Å². The number of aryl methyl sites for hydroxylation is 1. The number of imidazole rings is 1. The highest BCUT2D eigenvalue weighted by Crippen LogP contribution is 2.21. The fourth-order valence-corrected chi connectivity index (χ4v) is 3.97. The standard InChI is InChI=1S/C23H28N4O2/c1-26-21-6-4-3-5-20(21)25-23(26)24-19-12-15-27(16-13-19)14-11-17-7-9-18(10-8-17)22(28)29-2/h3-10,19H,11-16H2,1-2H3,(H,24,25). The van der Waals surface area contributed by atoms with Gasteiger partial charge in [-0.1, -0.05) is 24.3 Å². The van der Waals surface area contributed by atoms with Crippen LogP contribution in [0.2, 0.25) is 0 Å². The highest BCUT2D eigenvalue weighted by molar-refractivity contribution is 5.89. The Morgan fingerprint density at radius 3 is 2.55 bits per heavy atom. The van der Waals surface area contributed by atoms with E-state index in [1.54, 1.807) is 0 Å². The molecule has 2 heterocycles. The number of benzene rings is 2. The molecular weight excluding hydrogens is 364 g/mol. The van der Waals surface area contributed by atoms with E-state index in [0.717, 1.165) is 55.9 Å². The Kier molecular flexibility index (Phi) is 5.81. The second-order valence-electron chi connectivity index (χ2n) is 7.68. The Morgan fingerprint density at radius 1 is 1.14 bits per heavy atom. The Labute approximate surface area is 171 Å². The first-order chi connectivity index (χ1) is 14.1. The highest BCUT2D eigenvalue weighted by atomic mass is 16.5. The third-order valence-electron chi connectivity index (χ3n) is 5.80. The minimum Gasteiger partial charge on any atom is -0.465 e. The summed E-state index contributed by atoms with van der Waals surface area (Å²) in [4.78, 5) is 18.8. The summed E-state index contributed by atoms with van der Waals surface area (Å²) in [6.45, 7) is 3.21. The largest absolute Gasteiger partial charge is 0.465 e. The first-order valence-electron chi connectivity index (χ1n) is 10.2. The highest BCUT2D eigenvalue weighted by Gasteiger charge is 2.20. The van der Waals surface area contributed by atoms with Gasteiger partial charge in [-0.25, -0.2) is 9.78 Å². The molecule has 0 aliphatic carbocycles. The summed E-state index contributed by atoms with van der Waals surface area (Å²) in [6.07, 6.45) is 3.22. The molecule has 0 bridgehead atoms. The molecule has 29 heavy (non-hydrogen) atoms. The lowest BCUT2D eigenvalue weighted by molar-refractivity contribution is 0.0600. The maximum atomic E-state index is 11.5. The van der Waals surface area contributed by atoms with Gasteiger partial charge in [0.05, 0.1) is 23.7 Å². The van der Waals surface area contributed by atoms with Crippen LogP contribution in [-0.4, -0.2) is 53.2 Å². The average Bonchev–Trinajstić information content (AvgIpc) is 3.08. The van der Waals surface area contributed by atoms with Crippen LogP contribution < -0.4 is 5.32 Å². The predicted molar refractivity (Wildman–Crippen MR) is 115 cm³/mol. The van der Waals surface area contributed by atoms with E-state index < -0.39 is 0 Å². The molecule has 6 nitrogen and oxygen atoms in total. The van der Waals surface area contributed by atoms with Gasteiger partial charge in [0, 0.05) is 32.7 Å². The normalized spacial score (nSPS) is 15.5. The van der Waals surface area contributed by atoms with Crippen molar-refractivity contribution < 1.29 is 9.53 Å². The van der Waals surface area contributed by atoms with Crippen molar-refractivity contribution in [1.29, 1.82) is 0 Å². The van der Waals surface area contributed by atoms with Crippen LogP contribution in [0.25, 0.3) is 11.0 Å². The molecule has 1 N–H and O–H groups in total. The van der Waals surface area contributed by atoms with E-state index in [-0.39, 0.29) is 5.97 Å². The van der Waals surface area contributed by atoms with Gasteiger partial charge in [0.2, 0.25) is 5.95 Å². The smallest absolute Gasteiger partial charge is 0.337 e. The van der Waals surface area contributed by atoms with Crippen molar-refractivity contribution in [2.75, 3.05) is 32.1 Å². The molecule has 1 fully saturated rings. The quantitative estimate of drug-likeness (QED) is 0.651. The zero-order chi connectivity index (χ0) is 20.2. The molecule has 0 amide bonds. The molecule has 0 unspecified atom stereocenters. The van der Waals surface area contributed by atoms with Crippen molar-refractivity contribution >= 4 is 23.0 Å². The summed E-state index contributed by atoms with van der Waals surface area (Å²) in [5.74, 6) is 0.669. The lowest BCUT2D eigenvalue weighted by Gasteiger charge is -2.32. The van der Waals surface area contributed by atoms with Crippen molar-refractivity contribution in [2.45, 2.75) is 25.3 Å². The first-order valence-corrected chi connectivity index (χ1v) is 10.2. The molecule has 0 saturated carbocycles. The second kappa shape index (κ2) is 8.66. The number of nitrogens with one attached hydrogen (secondary N) is 1. The SMILES string of the molecule is COC(=O)c1ccc(CCN2CCC(Nc3nc4ccccc4n3C)CC2)cc1. The number of para-hydroxylation sites is 2. The summed E-state index contributed by atoms with van der Waals surface area (Å²) >= 11 is 0. The lowest BCUT2D eigenvalue weighted by atomic mass is 10.0. The van der Waals surface area contributed by atoms with Crippen LogP contribution in [0.3, 0.4) is 0 Å². The minimum absolute atomic E-state index is 0.285. The third kappa shape index (κ3) is 4.43. The number of rotatable bonds is 6. The molecule has 4 rings (SSSR count). The molecule has 1 aromatic heterocycles. The molecule has 6 heteroatoms. The Morgan fingerprint density at radius 2 is 1.86 bits per heavy atom. The van der Waals surface area contributed by atoms with E-state index in [1.807, 2.05) is 30.3 Å². The van der Waals surface area contributed by atoms with Gasteiger partial charge >= 0.3 is 5.97 Å². The number of methoxy groups -OCH3 is 1. The summed E-state index contributed by atoms with van der Waals surface area (Å²) in [7, 11) is 3.48. The number of likely N-dealkylation sites (tertiary alicyclic amines) is 1. The number of fused-ring (bicyclic) bond motifs is 1. The molecular formula is C23H28N4O2. The number of aromatic nitrogens is 2. The van der Waals surface area contributed by atoms with Gasteiger partial charge in [0.15, 0.2) is 0 Å². The van der Waals surface area contributed by atoms with Crippen molar-refractivity contribution in [3.05, 3.63) is 59.7 Å². The Balaban J connectivity index is 1.26. The number of esters is 1. The predicted octanol–water partition coefficient (Wildman–Crippen LogP) is 3.48. The van der Waals surface area contributed by atoms with Gasteiger partial charge in [-0.15, -0.1) is 0 Å². The molecule has 2 aromatic carbocycles. The van der Waals surface area contributed by atoms with Crippen LogP contribution in [0.15, 0.2) is 48.5 Å². The monoisotopic (exact) mass is 392 g/mol. The molecule has 0 radical (unpaired) electrons. The van der Waals surface area contributed by atoms with Crippen LogP contribution in [0.4, 0.5) is 5.95 Å². The number of anilines is 1. The average molecular weight is 393 g/mol. The summed E-state index contributed by atoms with van der Waals surface area (Å²) in [5, 5.41) is 3.64. The van der Waals surface area contributed by atoms with E-state index in [9.17, 15) is 4.79 Å². The fourth-order valence-electron chi connectivity index (χ4n) is 3.97. The van der Waals surface area contributed by atoms with Gasteiger partial charge in [-0.2, -0.15) is 0 Å². The van der Waals surface area contributed by atoms with Gasteiger partial charge in [0.1, 0.15) is 0 Å². The van der Waals surface area contributed by atoms with Crippen LogP contribution in [0.1, 0.15) is 28.8 Å². The number of carbonyl (C=O) groups is 1. The Bertz CT molecular complexity index is 972. The second-order valence-corrected chi connectivity index (χ2v) is 7.68. The molecule has 1 saturated heterocycles. The van der Waals surface area contributed by atoms with Gasteiger partial charge < -0.3 is 19.5 Å². The zero-order valence-electron chi connectivity index (χ0n) is 17.1. The molecule has 1 aliphatic rings. The molecule has 0 spiro atoms. The number of hydrogen-bond acceptors (Lipinski definition) is 5. The molecule has 1 aliphatic heterocycles. The van der Waals surface area contributed by atoms with E-state index in [4.69, 9.17) is 9.72 Å². The zero-order valence-corrected chi connectivity index (χ0v) is 17.1. The number of ether oxygens (including phenoxy) is 1. The van der Waals surface area contributed by atoms with Crippen LogP contribution in [-0.2, 0) is 18.2 Å². The maximum Gasteiger partial charge on any atom is 0.337 e. The van der Waals surface area contributed by atoms with Gasteiger partial charge in [0.25, 0.3) is 0 Å². The summed E-state index contributed by atoms with van der Waals surface area (Å²) in [5.41, 5.74) is 4.04. The van der Waals surface area contributed by atoms with E-state index in [1.165, 1.54) is 12.7 Å². The number of hydrogen-bond donors (Lipinski definition) is 1. The molecule has 152 valence electrons. The van der Waals surface area contributed by atoms with Crippen LogP contribution >= 0.6 is 0 Å². The lowest BCUT2D eigenvalue weighted by Crippen LogP contribution is -2.40. The minimum atomic E-state index is -0.285. The van der Waals surface area contributed by atoms with E-state index >= 15 is 0 Å². The van der Waals surface area contributed by atoms with E-state index in [0.29, 0.717) is 11.6 Å². The van der Waals surface area contributed by atoms with Crippen LogP contribution in [0, 0.1) is 0 Å². The fraction of sp³-hybridized carbons (Fsp3) is 0.391. The summed E-state index contributed by atoms with van der Waals surface area (Å²) < 4.78 is 6.89. The molecule has 3 aromatic rings. The van der Waals surface area contributed by atoms with Gasteiger partial charge in [-0.05, 0) is 49.1 Å². The first kappa shape index (κ1) is 19.5. The summed E-state index contributed by atoms with van der Waals surface area (Å²) in [6, 6.07) is 16.4. The maximum absolute atomic E-state index is 11.5. The van der Waals surface area contributed by atoms with Crippen molar-refractivity contribution in [3.63, 3.8) is 0 Å². The third-order valence-corrected chi connectivity index (χ3v) is 5.80. The number of carbonyl (C=O) groups excluding carboxylic acids is 1.